The van der Waals surface area contributed by atoms with Gasteiger partial charge >= 0.3 is 5.97 Å². The molecular formula is C20H24N2O3S. The molecule has 6 heteroatoms. The molecule has 2 aliphatic heterocycles. The van der Waals surface area contributed by atoms with E-state index in [9.17, 15) is 9.59 Å². The van der Waals surface area contributed by atoms with Crippen molar-refractivity contribution in [1.82, 2.24) is 4.90 Å². The molecule has 138 valence electrons. The van der Waals surface area contributed by atoms with Crippen molar-refractivity contribution in [2.45, 2.75) is 45.4 Å². The SMILES string of the molecule is CCC1SC2=NC(C)=C(C(=O)OCC(C)C)C(c3ccccc3)N2C1=O. The second-order valence-electron chi connectivity index (χ2n) is 6.92. The highest BCUT2D eigenvalue weighted by atomic mass is 32.2. The van der Waals surface area contributed by atoms with Crippen LogP contribution < -0.4 is 0 Å². The first-order valence-electron chi connectivity index (χ1n) is 8.95. The maximum atomic E-state index is 12.9. The summed E-state index contributed by atoms with van der Waals surface area (Å²) in [7, 11) is 0. The molecule has 2 atom stereocenters. The molecule has 2 heterocycles. The van der Waals surface area contributed by atoms with Crippen LogP contribution in [0.15, 0.2) is 46.6 Å². The minimum Gasteiger partial charge on any atom is -0.462 e. The molecule has 1 amide bonds. The lowest BCUT2D eigenvalue weighted by molar-refractivity contribution is -0.141. The number of ether oxygens (including phenoxy) is 1. The van der Waals surface area contributed by atoms with Crippen LogP contribution in [0.25, 0.3) is 0 Å². The second kappa shape index (κ2) is 7.66. The van der Waals surface area contributed by atoms with E-state index in [0.717, 1.165) is 12.0 Å². The van der Waals surface area contributed by atoms with Crippen LogP contribution in [0.3, 0.4) is 0 Å². The number of hydrogen-bond acceptors (Lipinski definition) is 5. The Labute approximate surface area is 158 Å². The Morgan fingerprint density at radius 2 is 2.00 bits per heavy atom. The number of fused-ring (bicyclic) bond motifs is 1. The third kappa shape index (κ3) is 3.43. The molecule has 1 saturated heterocycles. The molecule has 5 nitrogen and oxygen atoms in total. The van der Waals surface area contributed by atoms with Crippen LogP contribution in [-0.2, 0) is 14.3 Å². The lowest BCUT2D eigenvalue weighted by atomic mass is 9.94. The normalized spacial score (nSPS) is 22.6. The number of esters is 1. The van der Waals surface area contributed by atoms with Gasteiger partial charge in [-0.25, -0.2) is 9.79 Å². The zero-order valence-electron chi connectivity index (χ0n) is 15.6. The fourth-order valence-electron chi connectivity index (χ4n) is 3.12. The monoisotopic (exact) mass is 372 g/mol. The maximum Gasteiger partial charge on any atom is 0.338 e. The zero-order valence-corrected chi connectivity index (χ0v) is 16.4. The average Bonchev–Trinajstić information content (AvgIpc) is 2.94. The van der Waals surface area contributed by atoms with Gasteiger partial charge in [0, 0.05) is 0 Å². The number of carbonyl (C=O) groups excluding carboxylic acids is 2. The lowest BCUT2D eigenvalue weighted by Gasteiger charge is -2.33. The summed E-state index contributed by atoms with van der Waals surface area (Å²) in [6.45, 7) is 8.13. The van der Waals surface area contributed by atoms with E-state index in [4.69, 9.17) is 4.74 Å². The molecule has 26 heavy (non-hydrogen) atoms. The van der Waals surface area contributed by atoms with Crippen LogP contribution in [0.4, 0.5) is 0 Å². The molecule has 0 saturated carbocycles. The van der Waals surface area contributed by atoms with Crippen LogP contribution in [-0.4, -0.2) is 33.8 Å². The Balaban J connectivity index is 2.05. The van der Waals surface area contributed by atoms with Crippen LogP contribution in [0.2, 0.25) is 0 Å². The van der Waals surface area contributed by atoms with Gasteiger partial charge < -0.3 is 4.74 Å². The van der Waals surface area contributed by atoms with Crippen molar-refractivity contribution in [3.8, 4) is 0 Å². The van der Waals surface area contributed by atoms with Gasteiger partial charge in [0.25, 0.3) is 0 Å². The summed E-state index contributed by atoms with van der Waals surface area (Å²) < 4.78 is 5.49. The van der Waals surface area contributed by atoms with Crippen LogP contribution >= 0.6 is 11.8 Å². The number of amides is 1. The second-order valence-corrected chi connectivity index (χ2v) is 8.09. The summed E-state index contributed by atoms with van der Waals surface area (Å²) in [6.07, 6.45) is 0.729. The fraction of sp³-hybridized carbons (Fsp3) is 0.450. The molecule has 1 aromatic rings. The number of benzene rings is 1. The third-order valence-electron chi connectivity index (χ3n) is 4.41. The quantitative estimate of drug-likeness (QED) is 0.735. The molecule has 0 N–H and O–H groups in total. The summed E-state index contributed by atoms with van der Waals surface area (Å²) in [5.74, 6) is -0.150. The number of carbonyl (C=O) groups is 2. The molecule has 0 aromatic heterocycles. The number of thioether (sulfide) groups is 1. The number of amidine groups is 1. The van der Waals surface area contributed by atoms with E-state index in [0.29, 0.717) is 23.0 Å². The van der Waals surface area contributed by atoms with Crippen molar-refractivity contribution in [1.29, 1.82) is 0 Å². The highest BCUT2D eigenvalue weighted by molar-refractivity contribution is 8.15. The predicted molar refractivity (Wildman–Crippen MR) is 104 cm³/mol. The highest BCUT2D eigenvalue weighted by Gasteiger charge is 2.47. The number of hydrogen-bond donors (Lipinski definition) is 0. The Kier molecular flexibility index (Phi) is 5.51. The van der Waals surface area contributed by atoms with Gasteiger partial charge in [-0.05, 0) is 24.8 Å². The van der Waals surface area contributed by atoms with E-state index in [1.807, 2.05) is 58.0 Å². The Morgan fingerprint density at radius 3 is 2.62 bits per heavy atom. The van der Waals surface area contributed by atoms with Gasteiger partial charge in [-0.3, -0.25) is 9.69 Å². The van der Waals surface area contributed by atoms with E-state index in [1.54, 1.807) is 4.90 Å². The van der Waals surface area contributed by atoms with Gasteiger partial charge in [-0.15, -0.1) is 0 Å². The Hall–Kier alpha value is -2.08. The molecule has 0 aliphatic carbocycles. The van der Waals surface area contributed by atoms with Crippen molar-refractivity contribution in [2.24, 2.45) is 10.9 Å². The molecule has 0 bridgehead atoms. The molecule has 3 rings (SSSR count). The standard InChI is InChI=1S/C20H24N2O3S/c1-5-15-18(23)22-17(14-9-7-6-8-10-14)16(13(4)21-20(22)26-15)19(24)25-11-12(2)3/h6-10,12,15,17H,5,11H2,1-4H3. The smallest absolute Gasteiger partial charge is 0.338 e. The van der Waals surface area contributed by atoms with Crippen molar-refractivity contribution < 1.29 is 14.3 Å². The molecular weight excluding hydrogens is 348 g/mol. The number of nitrogens with zero attached hydrogens (tertiary/aromatic N) is 2. The lowest BCUT2D eigenvalue weighted by Crippen LogP contribution is -2.40. The van der Waals surface area contributed by atoms with E-state index in [-0.39, 0.29) is 17.1 Å². The van der Waals surface area contributed by atoms with Gasteiger partial charge in [0.05, 0.1) is 29.2 Å². The fourth-order valence-corrected chi connectivity index (χ4v) is 4.25. The van der Waals surface area contributed by atoms with E-state index in [2.05, 4.69) is 4.99 Å². The molecule has 0 radical (unpaired) electrons. The van der Waals surface area contributed by atoms with Gasteiger partial charge in [-0.1, -0.05) is 62.9 Å². The Morgan fingerprint density at radius 1 is 1.31 bits per heavy atom. The molecule has 2 aliphatic rings. The first-order valence-corrected chi connectivity index (χ1v) is 9.83. The summed E-state index contributed by atoms with van der Waals surface area (Å²) in [5, 5.41) is 0.521. The largest absolute Gasteiger partial charge is 0.462 e. The number of rotatable bonds is 5. The maximum absolute atomic E-state index is 12.9. The van der Waals surface area contributed by atoms with Crippen molar-refractivity contribution >= 4 is 28.8 Å². The van der Waals surface area contributed by atoms with Crippen molar-refractivity contribution in [3.05, 3.63) is 47.2 Å². The summed E-state index contributed by atoms with van der Waals surface area (Å²) in [6, 6.07) is 9.14. The van der Waals surface area contributed by atoms with Crippen LogP contribution in [0.5, 0.6) is 0 Å². The summed E-state index contributed by atoms with van der Waals surface area (Å²) in [5.41, 5.74) is 1.96. The van der Waals surface area contributed by atoms with E-state index in [1.165, 1.54) is 11.8 Å². The van der Waals surface area contributed by atoms with Crippen LogP contribution in [0, 0.1) is 5.92 Å². The topological polar surface area (TPSA) is 59.0 Å². The molecule has 2 unspecified atom stereocenters. The van der Waals surface area contributed by atoms with Crippen LogP contribution in [0.1, 0.15) is 45.7 Å². The first kappa shape index (κ1) is 18.7. The van der Waals surface area contributed by atoms with Crippen molar-refractivity contribution in [2.75, 3.05) is 6.61 Å². The predicted octanol–water partition coefficient (Wildman–Crippen LogP) is 3.92. The zero-order chi connectivity index (χ0) is 18.8. The van der Waals surface area contributed by atoms with Gasteiger partial charge in [0.15, 0.2) is 5.17 Å². The van der Waals surface area contributed by atoms with Gasteiger partial charge in [-0.2, -0.15) is 0 Å². The minimum atomic E-state index is -0.486. The third-order valence-corrected chi connectivity index (χ3v) is 5.72. The summed E-state index contributed by atoms with van der Waals surface area (Å²) in [4.78, 5) is 32.0. The highest BCUT2D eigenvalue weighted by Crippen LogP contribution is 2.43. The molecule has 0 spiro atoms. The Bertz CT molecular complexity index is 771. The number of aliphatic imine (C=N–C) groups is 1. The summed E-state index contributed by atoms with van der Waals surface area (Å²) >= 11 is 1.48. The first-order chi connectivity index (χ1) is 12.4. The number of allylic oxidation sites excluding steroid dienone is 1. The van der Waals surface area contributed by atoms with E-state index >= 15 is 0 Å². The van der Waals surface area contributed by atoms with E-state index < -0.39 is 12.0 Å². The average molecular weight is 372 g/mol. The molecule has 1 fully saturated rings. The minimum absolute atomic E-state index is 0.00626. The van der Waals surface area contributed by atoms with Gasteiger partial charge in [0.2, 0.25) is 5.91 Å². The van der Waals surface area contributed by atoms with Crippen molar-refractivity contribution in [3.63, 3.8) is 0 Å². The molecule has 1 aromatic carbocycles. The van der Waals surface area contributed by atoms with Gasteiger partial charge in [0.1, 0.15) is 0 Å².